The maximum absolute atomic E-state index is 11.7. The van der Waals surface area contributed by atoms with Crippen LogP contribution in [0.25, 0.3) is 5.69 Å². The number of alkyl carbamates (subject to hydrolysis) is 1. The van der Waals surface area contributed by atoms with Gasteiger partial charge in [0.25, 0.3) is 0 Å². The predicted octanol–water partition coefficient (Wildman–Crippen LogP) is 3.20. The zero-order valence-corrected chi connectivity index (χ0v) is 14.0. The highest BCUT2D eigenvalue weighted by Crippen LogP contribution is 2.14. The number of nitrogens with one attached hydrogen (secondary N) is 2. The van der Waals surface area contributed by atoms with Gasteiger partial charge in [-0.3, -0.25) is 0 Å². The number of ether oxygens (including phenoxy) is 1. The van der Waals surface area contributed by atoms with E-state index in [0.717, 1.165) is 11.4 Å². The van der Waals surface area contributed by atoms with Gasteiger partial charge in [-0.15, -0.1) is 0 Å². The van der Waals surface area contributed by atoms with Crippen LogP contribution in [0.2, 0.25) is 0 Å². The van der Waals surface area contributed by atoms with E-state index in [1.807, 2.05) is 64.2 Å². The molecule has 1 atom stereocenters. The minimum absolute atomic E-state index is 0.0652. The summed E-state index contributed by atoms with van der Waals surface area (Å²) >= 11 is 0. The van der Waals surface area contributed by atoms with Crippen LogP contribution in [0, 0.1) is 0 Å². The highest BCUT2D eigenvalue weighted by molar-refractivity contribution is 5.67. The van der Waals surface area contributed by atoms with Gasteiger partial charge >= 0.3 is 6.09 Å². The molecule has 0 aliphatic carbocycles. The Balaban J connectivity index is 1.87. The molecule has 6 nitrogen and oxygen atoms in total. The lowest BCUT2D eigenvalue weighted by Crippen LogP contribution is -2.38. The zero-order valence-electron chi connectivity index (χ0n) is 14.0. The average molecular weight is 316 g/mol. The Morgan fingerprint density at radius 2 is 2.13 bits per heavy atom. The molecule has 6 heteroatoms. The van der Waals surface area contributed by atoms with Crippen LogP contribution < -0.4 is 10.6 Å². The van der Waals surface area contributed by atoms with Gasteiger partial charge in [-0.2, -0.15) is 5.10 Å². The van der Waals surface area contributed by atoms with Gasteiger partial charge in [0.1, 0.15) is 5.60 Å². The average Bonchev–Trinajstić information content (AvgIpc) is 2.98. The van der Waals surface area contributed by atoms with Crippen LogP contribution in [0.15, 0.2) is 42.7 Å². The van der Waals surface area contributed by atoms with Gasteiger partial charge in [-0.25, -0.2) is 9.48 Å². The van der Waals surface area contributed by atoms with Gasteiger partial charge in [-0.05, 0) is 52.0 Å². The summed E-state index contributed by atoms with van der Waals surface area (Å²) in [5.74, 6) is 0. The molecule has 0 radical (unpaired) electrons. The molecule has 0 aliphatic heterocycles. The standard InChI is InChI=1S/C17H24N4O2/c1-13(12-18-16(22)23-17(2,3)4)20-14-7-5-8-15(11-14)21-10-6-9-19-21/h5-11,13,20H,12H2,1-4H3,(H,18,22). The van der Waals surface area contributed by atoms with Crippen molar-refractivity contribution >= 4 is 11.8 Å². The van der Waals surface area contributed by atoms with Crippen molar-refractivity contribution in [2.75, 3.05) is 11.9 Å². The lowest BCUT2D eigenvalue weighted by molar-refractivity contribution is 0.0526. The van der Waals surface area contributed by atoms with E-state index in [4.69, 9.17) is 4.74 Å². The number of carbonyl (C=O) groups excluding carboxylic acids is 1. The molecule has 0 spiro atoms. The van der Waals surface area contributed by atoms with E-state index in [2.05, 4.69) is 15.7 Å². The molecule has 23 heavy (non-hydrogen) atoms. The number of rotatable bonds is 5. The lowest BCUT2D eigenvalue weighted by Gasteiger charge is -2.21. The van der Waals surface area contributed by atoms with Crippen LogP contribution in [-0.2, 0) is 4.74 Å². The van der Waals surface area contributed by atoms with E-state index in [-0.39, 0.29) is 6.04 Å². The molecule has 0 saturated carbocycles. The van der Waals surface area contributed by atoms with Crippen molar-refractivity contribution in [2.45, 2.75) is 39.3 Å². The maximum atomic E-state index is 11.7. The Hall–Kier alpha value is -2.50. The Morgan fingerprint density at radius 1 is 1.35 bits per heavy atom. The molecule has 1 amide bonds. The van der Waals surface area contributed by atoms with Crippen LogP contribution in [0.5, 0.6) is 0 Å². The topological polar surface area (TPSA) is 68.2 Å². The van der Waals surface area contributed by atoms with E-state index in [1.54, 1.807) is 10.9 Å². The van der Waals surface area contributed by atoms with Crippen molar-refractivity contribution in [3.63, 3.8) is 0 Å². The third kappa shape index (κ3) is 5.65. The van der Waals surface area contributed by atoms with Crippen molar-refractivity contribution in [2.24, 2.45) is 0 Å². The second-order valence-corrected chi connectivity index (χ2v) is 6.43. The molecular formula is C17H24N4O2. The molecular weight excluding hydrogens is 292 g/mol. The van der Waals surface area contributed by atoms with Crippen molar-refractivity contribution in [3.05, 3.63) is 42.7 Å². The number of nitrogens with zero attached hydrogens (tertiary/aromatic N) is 2. The first-order valence-corrected chi connectivity index (χ1v) is 7.67. The lowest BCUT2D eigenvalue weighted by atomic mass is 10.2. The maximum Gasteiger partial charge on any atom is 0.407 e. The van der Waals surface area contributed by atoms with Crippen molar-refractivity contribution in [1.82, 2.24) is 15.1 Å². The second kappa shape index (κ2) is 7.17. The summed E-state index contributed by atoms with van der Waals surface area (Å²) in [6, 6.07) is 9.90. The first kappa shape index (κ1) is 16.9. The summed E-state index contributed by atoms with van der Waals surface area (Å²) in [6.07, 6.45) is 3.23. The largest absolute Gasteiger partial charge is 0.444 e. The van der Waals surface area contributed by atoms with Gasteiger partial charge in [-0.1, -0.05) is 6.07 Å². The minimum Gasteiger partial charge on any atom is -0.444 e. The molecule has 124 valence electrons. The third-order valence-corrected chi connectivity index (χ3v) is 2.98. The summed E-state index contributed by atoms with van der Waals surface area (Å²) in [6.45, 7) is 8.00. The fourth-order valence-electron chi connectivity index (χ4n) is 2.05. The van der Waals surface area contributed by atoms with E-state index in [9.17, 15) is 4.79 Å². The molecule has 1 aromatic carbocycles. The van der Waals surface area contributed by atoms with Crippen LogP contribution in [-0.4, -0.2) is 34.1 Å². The van der Waals surface area contributed by atoms with E-state index in [1.165, 1.54) is 0 Å². The second-order valence-electron chi connectivity index (χ2n) is 6.43. The number of amides is 1. The Kier molecular flexibility index (Phi) is 5.26. The van der Waals surface area contributed by atoms with Crippen LogP contribution in [0.3, 0.4) is 0 Å². The SMILES string of the molecule is CC(CNC(=O)OC(C)(C)C)Nc1cccc(-n2cccn2)c1. The van der Waals surface area contributed by atoms with Crippen LogP contribution in [0.4, 0.5) is 10.5 Å². The Labute approximate surface area is 136 Å². The number of benzene rings is 1. The molecule has 0 aliphatic rings. The highest BCUT2D eigenvalue weighted by atomic mass is 16.6. The van der Waals surface area contributed by atoms with Crippen LogP contribution in [0.1, 0.15) is 27.7 Å². The summed E-state index contributed by atoms with van der Waals surface area (Å²) in [4.78, 5) is 11.7. The minimum atomic E-state index is -0.487. The zero-order chi connectivity index (χ0) is 16.9. The fourth-order valence-corrected chi connectivity index (χ4v) is 2.05. The molecule has 0 fully saturated rings. The van der Waals surface area contributed by atoms with E-state index in [0.29, 0.717) is 6.54 Å². The van der Waals surface area contributed by atoms with Crippen molar-refractivity contribution in [1.29, 1.82) is 0 Å². The van der Waals surface area contributed by atoms with Gasteiger partial charge < -0.3 is 15.4 Å². The van der Waals surface area contributed by atoms with E-state index >= 15 is 0 Å². The van der Waals surface area contributed by atoms with Crippen molar-refractivity contribution in [3.8, 4) is 5.69 Å². The third-order valence-electron chi connectivity index (χ3n) is 2.98. The van der Waals surface area contributed by atoms with Gasteiger partial charge in [0.15, 0.2) is 0 Å². The fraction of sp³-hybridized carbons (Fsp3) is 0.412. The molecule has 0 bridgehead atoms. The summed E-state index contributed by atoms with van der Waals surface area (Å²) in [7, 11) is 0. The smallest absolute Gasteiger partial charge is 0.407 e. The summed E-state index contributed by atoms with van der Waals surface area (Å²) in [5, 5.41) is 10.3. The number of hydrogen-bond acceptors (Lipinski definition) is 4. The monoisotopic (exact) mass is 316 g/mol. The molecule has 1 aromatic heterocycles. The quantitative estimate of drug-likeness (QED) is 0.889. The molecule has 2 aromatic rings. The van der Waals surface area contributed by atoms with E-state index < -0.39 is 11.7 Å². The molecule has 0 saturated heterocycles. The summed E-state index contributed by atoms with van der Waals surface area (Å²) in [5.41, 5.74) is 1.46. The molecule has 2 N–H and O–H groups in total. The van der Waals surface area contributed by atoms with Gasteiger partial charge in [0, 0.05) is 30.7 Å². The summed E-state index contributed by atoms with van der Waals surface area (Å²) < 4.78 is 7.02. The highest BCUT2D eigenvalue weighted by Gasteiger charge is 2.16. The van der Waals surface area contributed by atoms with Crippen molar-refractivity contribution < 1.29 is 9.53 Å². The Morgan fingerprint density at radius 3 is 2.78 bits per heavy atom. The number of aromatic nitrogens is 2. The number of carbonyl (C=O) groups is 1. The number of hydrogen-bond donors (Lipinski definition) is 2. The van der Waals surface area contributed by atoms with Gasteiger partial charge in [0.05, 0.1) is 5.69 Å². The molecule has 2 rings (SSSR count). The Bertz CT molecular complexity index is 632. The van der Waals surface area contributed by atoms with Gasteiger partial charge in [0.2, 0.25) is 0 Å². The molecule has 1 heterocycles. The number of anilines is 1. The van der Waals surface area contributed by atoms with Crippen LogP contribution >= 0.6 is 0 Å². The predicted molar refractivity (Wildman–Crippen MR) is 90.9 cm³/mol. The normalized spacial score (nSPS) is 12.5. The first-order chi connectivity index (χ1) is 10.8. The molecule has 1 unspecified atom stereocenters. The first-order valence-electron chi connectivity index (χ1n) is 7.67.